The topological polar surface area (TPSA) is 38.5 Å². The normalized spacial score (nSPS) is 10.9. The van der Waals surface area contributed by atoms with E-state index in [0.29, 0.717) is 6.54 Å². The van der Waals surface area contributed by atoms with Gasteiger partial charge in [-0.3, -0.25) is 0 Å². The fraction of sp³-hybridized carbons (Fsp3) is 0.625. The minimum absolute atomic E-state index is 0.698. The molecule has 3 heteroatoms. The van der Waals surface area contributed by atoms with E-state index in [1.807, 2.05) is 12.1 Å². The van der Waals surface area contributed by atoms with Crippen LogP contribution < -0.4 is 10.5 Å². The monoisotopic (exact) mass is 264 g/mol. The van der Waals surface area contributed by atoms with Crippen LogP contribution in [0.3, 0.4) is 0 Å². The van der Waals surface area contributed by atoms with Crippen LogP contribution in [0, 0.1) is 0 Å². The summed E-state index contributed by atoms with van der Waals surface area (Å²) in [7, 11) is 0. The van der Waals surface area contributed by atoms with Crippen LogP contribution in [0.25, 0.3) is 0 Å². The van der Waals surface area contributed by atoms with Gasteiger partial charge in [-0.25, -0.2) is 0 Å². The van der Waals surface area contributed by atoms with Crippen LogP contribution in [-0.4, -0.2) is 37.7 Å². The lowest BCUT2D eigenvalue weighted by Gasteiger charge is -2.20. The van der Waals surface area contributed by atoms with Gasteiger partial charge in [0.15, 0.2) is 0 Å². The molecule has 0 aliphatic rings. The molecule has 0 aliphatic carbocycles. The Bertz CT molecular complexity index is 324. The molecule has 1 rings (SSSR count). The van der Waals surface area contributed by atoms with Gasteiger partial charge in [0.05, 0.1) is 0 Å². The zero-order valence-electron chi connectivity index (χ0n) is 12.4. The molecule has 0 heterocycles. The maximum absolute atomic E-state index is 5.78. The fourth-order valence-corrected chi connectivity index (χ4v) is 2.02. The quantitative estimate of drug-likeness (QED) is 0.706. The highest BCUT2D eigenvalue weighted by Gasteiger charge is 2.02. The molecule has 2 N–H and O–H groups in total. The van der Waals surface area contributed by atoms with Gasteiger partial charge in [0.25, 0.3) is 0 Å². The minimum atomic E-state index is 0.698. The van der Waals surface area contributed by atoms with Crippen molar-refractivity contribution in [3.8, 4) is 5.75 Å². The van der Waals surface area contributed by atoms with E-state index in [4.69, 9.17) is 10.5 Å². The van der Waals surface area contributed by atoms with Crippen LogP contribution in [0.1, 0.15) is 32.3 Å². The molecular formula is C16H28N2O. The Hall–Kier alpha value is -1.06. The average Bonchev–Trinajstić information content (AvgIpc) is 2.44. The lowest BCUT2D eigenvalue weighted by Crippen LogP contribution is -2.29. The van der Waals surface area contributed by atoms with E-state index in [-0.39, 0.29) is 0 Å². The lowest BCUT2D eigenvalue weighted by molar-refractivity contribution is 0.213. The Morgan fingerprint density at radius 3 is 2.42 bits per heavy atom. The Morgan fingerprint density at radius 2 is 1.84 bits per heavy atom. The van der Waals surface area contributed by atoms with Gasteiger partial charge >= 0.3 is 0 Å². The first-order valence-corrected chi connectivity index (χ1v) is 7.44. The number of likely N-dealkylation sites (N-methyl/N-ethyl adjacent to an activating group) is 1. The largest absolute Gasteiger partial charge is 0.492 e. The van der Waals surface area contributed by atoms with Gasteiger partial charge in [0.2, 0.25) is 0 Å². The zero-order valence-corrected chi connectivity index (χ0v) is 12.4. The van der Waals surface area contributed by atoms with Crippen LogP contribution in [0.15, 0.2) is 24.3 Å². The molecule has 0 amide bonds. The summed E-state index contributed by atoms with van der Waals surface area (Å²) in [6.07, 6.45) is 3.45. The van der Waals surface area contributed by atoms with Crippen molar-refractivity contribution in [2.24, 2.45) is 5.73 Å². The number of nitrogens with zero attached hydrogens (tertiary/aromatic N) is 1. The molecule has 3 nitrogen and oxygen atoms in total. The van der Waals surface area contributed by atoms with Crippen LogP contribution in [0.4, 0.5) is 0 Å². The first-order chi connectivity index (χ1) is 9.30. The molecule has 0 fully saturated rings. The van der Waals surface area contributed by atoms with Gasteiger partial charge in [-0.1, -0.05) is 32.4 Å². The Labute approximate surface area is 117 Å². The zero-order chi connectivity index (χ0) is 13.9. The Morgan fingerprint density at radius 1 is 1.11 bits per heavy atom. The molecule has 0 bridgehead atoms. The standard InChI is InChI=1S/C16H28N2O/c1-3-5-12-18(4-2)13-14-19-16-8-6-15(7-9-16)10-11-17/h6-9H,3-5,10-14,17H2,1-2H3. The summed E-state index contributed by atoms with van der Waals surface area (Å²) in [5.41, 5.74) is 6.80. The molecule has 0 saturated carbocycles. The summed E-state index contributed by atoms with van der Waals surface area (Å²) < 4.78 is 5.78. The maximum Gasteiger partial charge on any atom is 0.119 e. The fourth-order valence-electron chi connectivity index (χ4n) is 2.02. The van der Waals surface area contributed by atoms with Crippen molar-refractivity contribution < 1.29 is 4.74 Å². The van der Waals surface area contributed by atoms with Gasteiger partial charge in [-0.2, -0.15) is 0 Å². The van der Waals surface area contributed by atoms with E-state index in [2.05, 4.69) is 30.9 Å². The van der Waals surface area contributed by atoms with Crippen molar-refractivity contribution in [2.75, 3.05) is 32.8 Å². The van der Waals surface area contributed by atoms with E-state index < -0.39 is 0 Å². The van der Waals surface area contributed by atoms with Crippen LogP contribution in [0.2, 0.25) is 0 Å². The highest BCUT2D eigenvalue weighted by Crippen LogP contribution is 2.12. The van der Waals surface area contributed by atoms with E-state index in [0.717, 1.165) is 31.9 Å². The molecule has 1 aromatic carbocycles. The highest BCUT2D eigenvalue weighted by atomic mass is 16.5. The number of hydrogen-bond donors (Lipinski definition) is 1. The number of rotatable bonds is 10. The summed E-state index contributed by atoms with van der Waals surface area (Å²) in [6, 6.07) is 8.26. The van der Waals surface area contributed by atoms with Crippen LogP contribution >= 0.6 is 0 Å². The number of unbranched alkanes of at least 4 members (excludes halogenated alkanes) is 1. The second kappa shape index (κ2) is 9.82. The predicted octanol–water partition coefficient (Wildman–Crippen LogP) is 2.69. The molecule has 0 aliphatic heterocycles. The molecule has 1 aromatic rings. The van der Waals surface area contributed by atoms with Crippen molar-refractivity contribution in [3.63, 3.8) is 0 Å². The minimum Gasteiger partial charge on any atom is -0.492 e. The summed E-state index contributed by atoms with van der Waals surface area (Å²) >= 11 is 0. The molecule has 0 radical (unpaired) electrons. The third-order valence-corrected chi connectivity index (χ3v) is 3.31. The van der Waals surface area contributed by atoms with Crippen LogP contribution in [0.5, 0.6) is 5.75 Å². The highest BCUT2D eigenvalue weighted by molar-refractivity contribution is 5.27. The lowest BCUT2D eigenvalue weighted by atomic mass is 10.1. The number of hydrogen-bond acceptors (Lipinski definition) is 3. The molecule has 0 unspecified atom stereocenters. The van der Waals surface area contributed by atoms with E-state index in [9.17, 15) is 0 Å². The van der Waals surface area contributed by atoms with Gasteiger partial charge < -0.3 is 15.4 Å². The number of benzene rings is 1. The Balaban J connectivity index is 2.27. The molecule has 108 valence electrons. The summed E-state index contributed by atoms with van der Waals surface area (Å²) in [6.45, 7) is 9.16. The Kier molecular flexibility index (Phi) is 8.26. The summed E-state index contributed by atoms with van der Waals surface area (Å²) in [5.74, 6) is 0.951. The predicted molar refractivity (Wildman–Crippen MR) is 81.7 cm³/mol. The van der Waals surface area contributed by atoms with Crippen molar-refractivity contribution in [2.45, 2.75) is 33.1 Å². The maximum atomic E-state index is 5.78. The molecule has 0 atom stereocenters. The molecule has 0 spiro atoms. The van der Waals surface area contributed by atoms with Crippen LogP contribution in [-0.2, 0) is 6.42 Å². The first kappa shape index (κ1) is 16.0. The van der Waals surface area contributed by atoms with Gasteiger partial charge in [0.1, 0.15) is 12.4 Å². The van der Waals surface area contributed by atoms with Gasteiger partial charge in [-0.15, -0.1) is 0 Å². The van der Waals surface area contributed by atoms with Crippen molar-refractivity contribution >= 4 is 0 Å². The number of nitrogens with two attached hydrogens (primary N) is 1. The smallest absolute Gasteiger partial charge is 0.119 e. The second-order valence-electron chi connectivity index (χ2n) is 4.82. The van der Waals surface area contributed by atoms with Gasteiger partial charge in [-0.05, 0) is 50.2 Å². The molecule has 0 aromatic heterocycles. The molecule has 0 saturated heterocycles. The van der Waals surface area contributed by atoms with Crippen molar-refractivity contribution in [3.05, 3.63) is 29.8 Å². The third kappa shape index (κ3) is 6.60. The van der Waals surface area contributed by atoms with Crippen molar-refractivity contribution in [1.82, 2.24) is 4.90 Å². The van der Waals surface area contributed by atoms with E-state index in [1.54, 1.807) is 0 Å². The summed E-state index contributed by atoms with van der Waals surface area (Å²) in [4.78, 5) is 2.44. The SMILES string of the molecule is CCCCN(CC)CCOc1ccc(CCN)cc1. The van der Waals surface area contributed by atoms with E-state index >= 15 is 0 Å². The van der Waals surface area contributed by atoms with E-state index in [1.165, 1.54) is 24.9 Å². The molecule has 19 heavy (non-hydrogen) atoms. The van der Waals surface area contributed by atoms with Gasteiger partial charge in [0, 0.05) is 6.54 Å². The second-order valence-corrected chi connectivity index (χ2v) is 4.82. The number of ether oxygens (including phenoxy) is 1. The average molecular weight is 264 g/mol. The van der Waals surface area contributed by atoms with Crippen molar-refractivity contribution in [1.29, 1.82) is 0 Å². The molecular weight excluding hydrogens is 236 g/mol. The summed E-state index contributed by atoms with van der Waals surface area (Å²) in [5, 5.41) is 0. The third-order valence-electron chi connectivity index (χ3n) is 3.31. The first-order valence-electron chi connectivity index (χ1n) is 7.44.